The van der Waals surface area contributed by atoms with E-state index < -0.39 is 10.0 Å². The van der Waals surface area contributed by atoms with Crippen molar-refractivity contribution in [2.24, 2.45) is 0 Å². The van der Waals surface area contributed by atoms with Crippen LogP contribution in [0.4, 0.5) is 0 Å². The van der Waals surface area contributed by atoms with Crippen LogP contribution in [0.1, 0.15) is 32.6 Å². The van der Waals surface area contributed by atoms with E-state index in [0.717, 1.165) is 30.7 Å². The second-order valence-corrected chi connectivity index (χ2v) is 9.72. The van der Waals surface area contributed by atoms with Gasteiger partial charge in [-0.05, 0) is 37.8 Å². The summed E-state index contributed by atoms with van der Waals surface area (Å²) < 4.78 is 27.1. The van der Waals surface area contributed by atoms with Gasteiger partial charge < -0.3 is 9.80 Å². The molecule has 0 radical (unpaired) electrons. The zero-order valence-corrected chi connectivity index (χ0v) is 17.4. The molecular formula is C19H29ClN3O3S+. The average Bonchev–Trinajstić information content (AvgIpc) is 2.68. The first-order valence-electron chi connectivity index (χ1n) is 9.81. The van der Waals surface area contributed by atoms with Crippen molar-refractivity contribution in [2.45, 2.75) is 43.5 Å². The van der Waals surface area contributed by atoms with Gasteiger partial charge >= 0.3 is 0 Å². The summed E-state index contributed by atoms with van der Waals surface area (Å²) in [5.74, 6) is 0.207. The number of piperazine rings is 1. The van der Waals surface area contributed by atoms with Gasteiger partial charge in [-0.15, -0.1) is 0 Å². The Bertz CT molecular complexity index is 763. The lowest BCUT2D eigenvalue weighted by Gasteiger charge is -2.37. The van der Waals surface area contributed by atoms with Crippen LogP contribution in [0.3, 0.4) is 0 Å². The van der Waals surface area contributed by atoms with Gasteiger partial charge in [0.25, 0.3) is 5.91 Å². The van der Waals surface area contributed by atoms with Gasteiger partial charge in [0.05, 0.1) is 31.2 Å². The van der Waals surface area contributed by atoms with Crippen LogP contribution in [0.2, 0.25) is 5.02 Å². The van der Waals surface area contributed by atoms with E-state index in [2.05, 4.69) is 6.92 Å². The minimum atomic E-state index is -3.59. The second kappa shape index (κ2) is 8.90. The third kappa shape index (κ3) is 4.65. The third-order valence-electron chi connectivity index (χ3n) is 5.70. The van der Waals surface area contributed by atoms with E-state index in [4.69, 9.17) is 11.6 Å². The number of nitrogens with one attached hydrogen (secondary N) is 1. The third-order valence-corrected chi connectivity index (χ3v) is 8.10. The number of likely N-dealkylation sites (tertiary alicyclic amines) is 1. The topological polar surface area (TPSA) is 62.1 Å². The van der Waals surface area contributed by atoms with Crippen LogP contribution in [-0.4, -0.2) is 68.8 Å². The largest absolute Gasteiger partial charge is 0.335 e. The molecule has 2 aliphatic rings. The van der Waals surface area contributed by atoms with E-state index in [-0.39, 0.29) is 15.8 Å². The highest BCUT2D eigenvalue weighted by Crippen LogP contribution is 2.24. The van der Waals surface area contributed by atoms with Gasteiger partial charge in [-0.25, -0.2) is 8.42 Å². The summed E-state index contributed by atoms with van der Waals surface area (Å²) in [5, 5.41) is 0.248. The van der Waals surface area contributed by atoms with E-state index in [1.807, 2.05) is 4.90 Å². The Morgan fingerprint density at radius 3 is 2.56 bits per heavy atom. The van der Waals surface area contributed by atoms with Gasteiger partial charge in [0.1, 0.15) is 4.90 Å². The maximum absolute atomic E-state index is 12.8. The van der Waals surface area contributed by atoms with Crippen LogP contribution in [0.5, 0.6) is 0 Å². The monoisotopic (exact) mass is 414 g/mol. The number of hydrogen-bond acceptors (Lipinski definition) is 3. The van der Waals surface area contributed by atoms with Crippen LogP contribution < -0.4 is 4.90 Å². The molecule has 0 aromatic heterocycles. The minimum Gasteiger partial charge on any atom is -0.335 e. The van der Waals surface area contributed by atoms with Crippen molar-refractivity contribution in [1.82, 2.24) is 9.21 Å². The molecule has 0 saturated carbocycles. The molecule has 1 atom stereocenters. The highest BCUT2D eigenvalue weighted by Gasteiger charge is 2.34. The summed E-state index contributed by atoms with van der Waals surface area (Å²) in [5.41, 5.74) is 0. The molecule has 0 aliphatic carbocycles. The molecule has 1 aromatic carbocycles. The standard InChI is InChI=1S/C19H28ClN3O3S/c1-2-16-7-5-6-10-23(16)19(24)15-21-11-13-22(14-12-21)27(25,26)18-9-4-3-8-17(18)20/h3-4,8-9,16H,2,5-7,10-15H2,1H3/p+1/t16-/m0/s1. The molecule has 3 rings (SSSR count). The maximum atomic E-state index is 12.8. The molecule has 1 N–H and O–H groups in total. The van der Waals surface area contributed by atoms with Crippen molar-refractivity contribution < 1.29 is 18.1 Å². The Hall–Kier alpha value is -1.15. The highest BCUT2D eigenvalue weighted by atomic mass is 35.5. The number of halogens is 1. The van der Waals surface area contributed by atoms with E-state index in [0.29, 0.717) is 38.8 Å². The van der Waals surface area contributed by atoms with Gasteiger partial charge in [0.2, 0.25) is 10.0 Å². The summed E-state index contributed by atoms with van der Waals surface area (Å²) in [7, 11) is -3.59. The van der Waals surface area contributed by atoms with Crippen molar-refractivity contribution in [3.63, 3.8) is 0 Å². The summed E-state index contributed by atoms with van der Waals surface area (Å²) >= 11 is 6.08. The predicted octanol–water partition coefficient (Wildman–Crippen LogP) is 1.02. The normalized spacial score (nSPS) is 22.7. The van der Waals surface area contributed by atoms with Crippen LogP contribution in [0.25, 0.3) is 0 Å². The molecule has 2 heterocycles. The number of piperidine rings is 1. The molecule has 2 aliphatic heterocycles. The summed E-state index contributed by atoms with van der Waals surface area (Å²) in [6.07, 6.45) is 4.39. The highest BCUT2D eigenvalue weighted by molar-refractivity contribution is 7.89. The number of sulfonamides is 1. The molecule has 150 valence electrons. The van der Waals surface area contributed by atoms with E-state index in [1.54, 1.807) is 24.3 Å². The molecule has 1 amide bonds. The molecule has 1 aromatic rings. The Labute approximate surface area is 167 Å². The molecule has 0 bridgehead atoms. The van der Waals surface area contributed by atoms with E-state index >= 15 is 0 Å². The first-order chi connectivity index (χ1) is 12.9. The van der Waals surface area contributed by atoms with Crippen molar-refractivity contribution >= 4 is 27.5 Å². The number of carbonyl (C=O) groups excluding carboxylic acids is 1. The van der Waals surface area contributed by atoms with Gasteiger partial charge in [-0.2, -0.15) is 4.31 Å². The molecule has 27 heavy (non-hydrogen) atoms. The lowest BCUT2D eigenvalue weighted by molar-refractivity contribution is -0.896. The lowest BCUT2D eigenvalue weighted by Crippen LogP contribution is -3.15. The van der Waals surface area contributed by atoms with E-state index in [1.165, 1.54) is 10.7 Å². The molecule has 0 spiro atoms. The maximum Gasteiger partial charge on any atom is 0.278 e. The fourth-order valence-corrected chi connectivity index (χ4v) is 6.02. The van der Waals surface area contributed by atoms with Crippen molar-refractivity contribution in [2.75, 3.05) is 39.3 Å². The smallest absolute Gasteiger partial charge is 0.278 e. The fourth-order valence-electron chi connectivity index (χ4n) is 4.08. The Morgan fingerprint density at radius 1 is 1.19 bits per heavy atom. The van der Waals surface area contributed by atoms with Crippen LogP contribution >= 0.6 is 11.6 Å². The zero-order chi connectivity index (χ0) is 19.4. The zero-order valence-electron chi connectivity index (χ0n) is 15.9. The Kier molecular flexibility index (Phi) is 6.78. The minimum absolute atomic E-state index is 0.158. The van der Waals surface area contributed by atoms with Crippen LogP contribution in [0.15, 0.2) is 29.2 Å². The number of amides is 1. The number of quaternary nitrogens is 1. The summed E-state index contributed by atoms with van der Waals surface area (Å²) in [4.78, 5) is 16.1. The lowest BCUT2D eigenvalue weighted by atomic mass is 10.00. The number of carbonyl (C=O) groups is 1. The predicted molar refractivity (Wildman–Crippen MR) is 105 cm³/mol. The van der Waals surface area contributed by atoms with Gasteiger partial charge in [0.15, 0.2) is 6.54 Å². The number of rotatable bonds is 5. The van der Waals surface area contributed by atoms with Crippen LogP contribution in [-0.2, 0) is 14.8 Å². The van der Waals surface area contributed by atoms with Crippen molar-refractivity contribution in [3.8, 4) is 0 Å². The number of hydrogen-bond donors (Lipinski definition) is 1. The number of nitrogens with zero attached hydrogens (tertiary/aromatic N) is 2. The molecule has 2 saturated heterocycles. The Balaban J connectivity index is 1.57. The summed E-state index contributed by atoms with van der Waals surface area (Å²) in [6.45, 7) is 5.55. The first-order valence-corrected chi connectivity index (χ1v) is 11.6. The SMILES string of the molecule is CC[C@H]1CCCCN1C(=O)C[NH+]1CCN(S(=O)(=O)c2ccccc2Cl)CC1. The number of benzene rings is 1. The molecule has 6 nitrogen and oxygen atoms in total. The van der Waals surface area contributed by atoms with E-state index in [9.17, 15) is 13.2 Å². The summed E-state index contributed by atoms with van der Waals surface area (Å²) in [6, 6.07) is 6.91. The quantitative estimate of drug-likeness (QED) is 0.782. The fraction of sp³-hybridized carbons (Fsp3) is 0.632. The van der Waals surface area contributed by atoms with Crippen molar-refractivity contribution in [1.29, 1.82) is 0 Å². The molecule has 2 fully saturated rings. The molecule has 8 heteroatoms. The molecule has 0 unspecified atom stereocenters. The average molecular weight is 415 g/mol. The van der Waals surface area contributed by atoms with Gasteiger partial charge in [-0.1, -0.05) is 30.7 Å². The first kappa shape index (κ1) is 20.6. The molecular weight excluding hydrogens is 386 g/mol. The van der Waals surface area contributed by atoms with Crippen molar-refractivity contribution in [3.05, 3.63) is 29.3 Å². The van der Waals surface area contributed by atoms with Gasteiger partial charge in [0, 0.05) is 12.6 Å². The second-order valence-electron chi connectivity index (χ2n) is 7.41. The van der Waals surface area contributed by atoms with Gasteiger partial charge in [-0.3, -0.25) is 4.79 Å². The Morgan fingerprint density at radius 2 is 1.89 bits per heavy atom. The van der Waals surface area contributed by atoms with Crippen LogP contribution in [0, 0.1) is 0 Å².